The summed E-state index contributed by atoms with van der Waals surface area (Å²) in [7, 11) is 2.62. The summed E-state index contributed by atoms with van der Waals surface area (Å²) in [5.74, 6) is -1.22. The highest BCUT2D eigenvalue weighted by atomic mass is 16.6. The number of methoxy groups -OCH3 is 2. The minimum absolute atomic E-state index is 0.0644. The van der Waals surface area contributed by atoms with Crippen molar-refractivity contribution in [3.8, 4) is 11.5 Å². The first-order valence-corrected chi connectivity index (χ1v) is 8.62. The van der Waals surface area contributed by atoms with E-state index in [1.165, 1.54) is 38.5 Å². The lowest BCUT2D eigenvalue weighted by Crippen LogP contribution is -2.43. The maximum absolute atomic E-state index is 12.6. The van der Waals surface area contributed by atoms with Crippen molar-refractivity contribution in [2.75, 3.05) is 37.6 Å². The maximum Gasteiger partial charge on any atom is 0.340 e. The summed E-state index contributed by atoms with van der Waals surface area (Å²) < 4.78 is 15.1. The van der Waals surface area contributed by atoms with E-state index in [4.69, 9.17) is 14.2 Å². The number of hydrogen-bond acceptors (Lipinski definition) is 8. The summed E-state index contributed by atoms with van der Waals surface area (Å²) in [5.41, 5.74) is 0.0845. The molecule has 30 heavy (non-hydrogen) atoms. The average Bonchev–Trinajstić information content (AvgIpc) is 2.75. The average molecular weight is 415 g/mol. The Kier molecular flexibility index (Phi) is 5.81. The Morgan fingerprint density at radius 2 is 2.00 bits per heavy atom. The molecular formula is C19H17N3O8. The molecule has 2 amide bonds. The van der Waals surface area contributed by atoms with Crippen LogP contribution in [0.15, 0.2) is 36.4 Å². The number of fused-ring (bicyclic) bond motifs is 1. The van der Waals surface area contributed by atoms with Gasteiger partial charge in [-0.05, 0) is 24.3 Å². The lowest BCUT2D eigenvalue weighted by molar-refractivity contribution is -0.384. The number of amides is 2. The van der Waals surface area contributed by atoms with Gasteiger partial charge < -0.3 is 19.5 Å². The first kappa shape index (κ1) is 20.6. The number of nitro groups is 1. The van der Waals surface area contributed by atoms with Gasteiger partial charge in [0.05, 0.1) is 36.1 Å². The SMILES string of the molecule is COC(=O)c1cc(OC)ccc1NC(=O)CN1C(=O)COc2ccc([N+](=O)[O-])cc21. The number of nitrogens with one attached hydrogen (secondary N) is 1. The van der Waals surface area contributed by atoms with E-state index >= 15 is 0 Å². The van der Waals surface area contributed by atoms with E-state index in [2.05, 4.69) is 5.32 Å². The molecule has 0 aliphatic carbocycles. The van der Waals surface area contributed by atoms with Crippen LogP contribution in [0.4, 0.5) is 17.1 Å². The molecule has 1 aliphatic heterocycles. The van der Waals surface area contributed by atoms with Crippen LogP contribution < -0.4 is 19.7 Å². The molecule has 0 aromatic heterocycles. The number of ether oxygens (including phenoxy) is 3. The number of nitrogens with zero attached hydrogens (tertiary/aromatic N) is 2. The molecule has 0 saturated carbocycles. The van der Waals surface area contributed by atoms with Gasteiger partial charge in [0, 0.05) is 12.1 Å². The molecule has 11 nitrogen and oxygen atoms in total. The second kappa shape index (κ2) is 8.47. The Balaban J connectivity index is 1.85. The Bertz CT molecular complexity index is 1040. The molecule has 0 radical (unpaired) electrons. The monoisotopic (exact) mass is 415 g/mol. The Morgan fingerprint density at radius 1 is 1.23 bits per heavy atom. The summed E-state index contributed by atoms with van der Waals surface area (Å²) in [4.78, 5) is 48.4. The first-order valence-electron chi connectivity index (χ1n) is 8.62. The molecule has 0 fully saturated rings. The zero-order valence-electron chi connectivity index (χ0n) is 16.0. The topological polar surface area (TPSA) is 137 Å². The van der Waals surface area contributed by atoms with E-state index in [0.717, 1.165) is 11.0 Å². The normalized spacial score (nSPS) is 12.5. The van der Waals surface area contributed by atoms with Crippen molar-refractivity contribution in [2.24, 2.45) is 0 Å². The van der Waals surface area contributed by atoms with Crippen molar-refractivity contribution in [2.45, 2.75) is 0 Å². The quantitative estimate of drug-likeness (QED) is 0.428. The molecule has 0 unspecified atom stereocenters. The summed E-state index contributed by atoms with van der Waals surface area (Å²) in [6.45, 7) is -0.753. The van der Waals surface area contributed by atoms with Gasteiger partial charge in [-0.2, -0.15) is 0 Å². The minimum Gasteiger partial charge on any atom is -0.497 e. The molecular weight excluding hydrogens is 398 g/mol. The molecule has 0 spiro atoms. The molecule has 11 heteroatoms. The summed E-state index contributed by atoms with van der Waals surface area (Å²) in [6, 6.07) is 8.17. The fourth-order valence-corrected chi connectivity index (χ4v) is 2.85. The predicted molar refractivity (Wildman–Crippen MR) is 104 cm³/mol. The zero-order valence-corrected chi connectivity index (χ0v) is 16.0. The van der Waals surface area contributed by atoms with Gasteiger partial charge in [0.15, 0.2) is 6.61 Å². The Labute approximate surface area is 170 Å². The third kappa shape index (κ3) is 4.14. The maximum atomic E-state index is 12.6. The molecule has 1 heterocycles. The third-order valence-electron chi connectivity index (χ3n) is 4.30. The van der Waals surface area contributed by atoms with Gasteiger partial charge in [-0.1, -0.05) is 0 Å². The van der Waals surface area contributed by atoms with Gasteiger partial charge >= 0.3 is 5.97 Å². The van der Waals surface area contributed by atoms with Crippen LogP contribution in [0.2, 0.25) is 0 Å². The predicted octanol–water partition coefficient (Wildman–Crippen LogP) is 1.75. The highest BCUT2D eigenvalue weighted by Gasteiger charge is 2.29. The molecule has 156 valence electrons. The highest BCUT2D eigenvalue weighted by Crippen LogP contribution is 2.35. The van der Waals surface area contributed by atoms with Crippen molar-refractivity contribution in [3.05, 3.63) is 52.1 Å². The number of hydrogen-bond donors (Lipinski definition) is 1. The van der Waals surface area contributed by atoms with Gasteiger partial charge in [-0.25, -0.2) is 4.79 Å². The standard InChI is InChI=1S/C19H17N3O8/c1-28-12-4-5-14(13(8-12)19(25)29-2)20-17(23)9-21-15-7-11(22(26)27)3-6-16(15)30-10-18(21)24/h3-8H,9-10H2,1-2H3,(H,20,23). The molecule has 0 atom stereocenters. The summed E-state index contributed by atoms with van der Waals surface area (Å²) in [5, 5.41) is 13.6. The van der Waals surface area contributed by atoms with Crippen molar-refractivity contribution in [3.63, 3.8) is 0 Å². The number of carbonyl (C=O) groups is 3. The fraction of sp³-hybridized carbons (Fsp3) is 0.211. The Morgan fingerprint density at radius 3 is 2.67 bits per heavy atom. The van der Waals surface area contributed by atoms with E-state index in [9.17, 15) is 24.5 Å². The van der Waals surface area contributed by atoms with Gasteiger partial charge in [0.2, 0.25) is 5.91 Å². The summed E-state index contributed by atoms with van der Waals surface area (Å²) in [6.07, 6.45) is 0. The van der Waals surface area contributed by atoms with Crippen molar-refractivity contribution in [1.82, 2.24) is 0 Å². The summed E-state index contributed by atoms with van der Waals surface area (Å²) >= 11 is 0. The second-order valence-electron chi connectivity index (χ2n) is 6.13. The van der Waals surface area contributed by atoms with E-state index in [1.807, 2.05) is 0 Å². The first-order chi connectivity index (χ1) is 14.3. The van der Waals surface area contributed by atoms with Crippen molar-refractivity contribution < 1.29 is 33.5 Å². The fourth-order valence-electron chi connectivity index (χ4n) is 2.85. The van der Waals surface area contributed by atoms with Crippen LogP contribution in [0.5, 0.6) is 11.5 Å². The number of non-ortho nitro benzene ring substituents is 1. The van der Waals surface area contributed by atoms with Crippen molar-refractivity contribution in [1.29, 1.82) is 0 Å². The van der Waals surface area contributed by atoms with E-state index in [1.54, 1.807) is 6.07 Å². The lowest BCUT2D eigenvalue weighted by atomic mass is 10.1. The molecule has 0 saturated heterocycles. The van der Waals surface area contributed by atoms with E-state index in [-0.39, 0.29) is 35.0 Å². The number of nitro benzene ring substituents is 1. The second-order valence-corrected chi connectivity index (χ2v) is 6.13. The van der Waals surface area contributed by atoms with E-state index < -0.39 is 29.3 Å². The van der Waals surface area contributed by atoms with E-state index in [0.29, 0.717) is 5.75 Å². The van der Waals surface area contributed by atoms with Gasteiger partial charge in [-0.3, -0.25) is 24.6 Å². The number of rotatable bonds is 6. The Hall–Kier alpha value is -4.15. The number of esters is 1. The molecule has 2 aromatic rings. The van der Waals surface area contributed by atoms with Crippen LogP contribution in [0.3, 0.4) is 0 Å². The highest BCUT2D eigenvalue weighted by molar-refractivity contribution is 6.07. The third-order valence-corrected chi connectivity index (χ3v) is 4.30. The van der Waals surface area contributed by atoms with Gasteiger partial charge in [0.25, 0.3) is 11.6 Å². The van der Waals surface area contributed by atoms with Gasteiger partial charge in [-0.15, -0.1) is 0 Å². The van der Waals surface area contributed by atoms with Crippen LogP contribution in [-0.2, 0) is 14.3 Å². The van der Waals surface area contributed by atoms with Crippen molar-refractivity contribution >= 4 is 34.8 Å². The number of carbonyl (C=O) groups excluding carboxylic acids is 3. The zero-order chi connectivity index (χ0) is 21.8. The molecule has 3 rings (SSSR count). The molecule has 1 aliphatic rings. The van der Waals surface area contributed by atoms with Gasteiger partial charge in [0.1, 0.15) is 18.0 Å². The smallest absolute Gasteiger partial charge is 0.340 e. The number of anilines is 2. The van der Waals surface area contributed by atoms with Crippen LogP contribution in [0.1, 0.15) is 10.4 Å². The molecule has 0 bridgehead atoms. The van der Waals surface area contributed by atoms with Crippen LogP contribution in [-0.4, -0.2) is 50.1 Å². The van der Waals surface area contributed by atoms with Crippen LogP contribution in [0.25, 0.3) is 0 Å². The molecule has 1 N–H and O–H groups in total. The minimum atomic E-state index is -0.687. The number of benzene rings is 2. The largest absolute Gasteiger partial charge is 0.497 e. The molecule has 2 aromatic carbocycles. The van der Waals surface area contributed by atoms with Crippen LogP contribution in [0, 0.1) is 10.1 Å². The van der Waals surface area contributed by atoms with Crippen LogP contribution >= 0.6 is 0 Å². The lowest BCUT2D eigenvalue weighted by Gasteiger charge is -2.28.